The molecule has 0 aromatic carbocycles. The van der Waals surface area contributed by atoms with E-state index in [0.717, 1.165) is 37.9 Å². The predicted molar refractivity (Wildman–Crippen MR) is 77.8 cm³/mol. The number of rotatable bonds is 3. The fourth-order valence-electron chi connectivity index (χ4n) is 2.91. The van der Waals surface area contributed by atoms with Gasteiger partial charge in [0.2, 0.25) is 11.9 Å². The lowest BCUT2D eigenvalue weighted by atomic mass is 10.0. The molecule has 3 rings (SSSR count). The Hall–Kier alpha value is -1.86. The summed E-state index contributed by atoms with van der Waals surface area (Å²) in [5.41, 5.74) is -0.938. The highest BCUT2D eigenvalue weighted by Gasteiger charge is 2.37. The van der Waals surface area contributed by atoms with Gasteiger partial charge >= 0.3 is 6.18 Å². The number of hydrogen-bond donors (Lipinski definition) is 0. The van der Waals surface area contributed by atoms with Crippen LogP contribution in [0.25, 0.3) is 0 Å². The summed E-state index contributed by atoms with van der Waals surface area (Å²) >= 11 is 0. The molecule has 2 aliphatic rings. The van der Waals surface area contributed by atoms with Crippen LogP contribution in [0.5, 0.6) is 0 Å². The smallest absolute Gasteiger partial charge is 0.341 e. The summed E-state index contributed by atoms with van der Waals surface area (Å²) in [5.74, 6) is 0.360. The zero-order valence-corrected chi connectivity index (χ0v) is 12.9. The van der Waals surface area contributed by atoms with Crippen LogP contribution in [0.1, 0.15) is 31.4 Å². The molecule has 8 heteroatoms. The molecule has 1 aliphatic carbocycles. The van der Waals surface area contributed by atoms with Gasteiger partial charge in [-0.2, -0.15) is 13.2 Å². The molecule has 1 saturated heterocycles. The molecular formula is C15H19F3N4O. The van der Waals surface area contributed by atoms with Crippen molar-refractivity contribution in [3.63, 3.8) is 0 Å². The summed E-state index contributed by atoms with van der Waals surface area (Å²) in [6.45, 7) is 1.07. The maximum Gasteiger partial charge on any atom is 0.433 e. The number of piperidine rings is 1. The normalized spacial score (nSPS) is 22.1. The van der Waals surface area contributed by atoms with E-state index in [1.54, 1.807) is 16.8 Å². The molecule has 5 nitrogen and oxygen atoms in total. The van der Waals surface area contributed by atoms with Crippen molar-refractivity contribution in [1.82, 2.24) is 14.9 Å². The van der Waals surface area contributed by atoms with Gasteiger partial charge in [-0.25, -0.2) is 9.97 Å². The highest BCUT2D eigenvalue weighted by Crippen LogP contribution is 2.32. The first-order chi connectivity index (χ1) is 10.9. The van der Waals surface area contributed by atoms with Gasteiger partial charge in [-0.15, -0.1) is 0 Å². The number of hydrogen-bond acceptors (Lipinski definition) is 4. The molecule has 2 heterocycles. The second kappa shape index (κ2) is 5.98. The minimum Gasteiger partial charge on any atom is -0.341 e. The molecule has 126 valence electrons. The molecule has 1 atom stereocenters. The van der Waals surface area contributed by atoms with Gasteiger partial charge in [-0.3, -0.25) is 4.79 Å². The van der Waals surface area contributed by atoms with Gasteiger partial charge in [0, 0.05) is 38.3 Å². The van der Waals surface area contributed by atoms with Crippen molar-refractivity contribution < 1.29 is 18.0 Å². The van der Waals surface area contributed by atoms with Gasteiger partial charge in [-0.1, -0.05) is 0 Å². The molecule has 1 aliphatic heterocycles. The fraction of sp³-hybridized carbons (Fsp3) is 0.667. The maximum absolute atomic E-state index is 12.8. The van der Waals surface area contributed by atoms with Crippen molar-refractivity contribution in [2.24, 2.45) is 5.92 Å². The molecule has 23 heavy (non-hydrogen) atoms. The molecule has 1 amide bonds. The van der Waals surface area contributed by atoms with E-state index in [4.69, 9.17) is 0 Å². The SMILES string of the molecule is CN(C(=O)C1CC1)C1CCCN(c2nccc(C(F)(F)F)n2)C1. The second-order valence-corrected chi connectivity index (χ2v) is 6.21. The lowest BCUT2D eigenvalue weighted by Gasteiger charge is -2.37. The van der Waals surface area contributed by atoms with Crippen molar-refractivity contribution in [3.8, 4) is 0 Å². The van der Waals surface area contributed by atoms with Crippen molar-refractivity contribution in [1.29, 1.82) is 0 Å². The highest BCUT2D eigenvalue weighted by molar-refractivity contribution is 5.81. The Bertz CT molecular complexity index is 588. The average Bonchev–Trinajstić information content (AvgIpc) is 3.38. The summed E-state index contributed by atoms with van der Waals surface area (Å²) < 4.78 is 38.3. The molecule has 1 saturated carbocycles. The van der Waals surface area contributed by atoms with Gasteiger partial charge < -0.3 is 9.80 Å². The lowest BCUT2D eigenvalue weighted by Crippen LogP contribution is -2.49. The Morgan fingerprint density at radius 2 is 2.09 bits per heavy atom. The zero-order valence-electron chi connectivity index (χ0n) is 12.9. The minimum atomic E-state index is -4.48. The molecule has 0 spiro atoms. The third kappa shape index (κ3) is 3.56. The summed E-state index contributed by atoms with van der Waals surface area (Å²) in [4.78, 5) is 23.3. The Morgan fingerprint density at radius 1 is 1.35 bits per heavy atom. The maximum atomic E-state index is 12.8. The summed E-state index contributed by atoms with van der Waals surface area (Å²) in [7, 11) is 1.78. The van der Waals surface area contributed by atoms with Crippen LogP contribution in [0, 0.1) is 5.92 Å². The monoisotopic (exact) mass is 328 g/mol. The summed E-state index contributed by atoms with van der Waals surface area (Å²) in [6, 6.07) is 0.864. The van der Waals surface area contributed by atoms with E-state index in [9.17, 15) is 18.0 Å². The predicted octanol–water partition coefficient (Wildman–Crippen LogP) is 2.33. The van der Waals surface area contributed by atoms with E-state index < -0.39 is 11.9 Å². The number of halogens is 3. The van der Waals surface area contributed by atoms with Crippen LogP contribution < -0.4 is 4.90 Å². The number of nitrogens with zero attached hydrogens (tertiary/aromatic N) is 4. The Morgan fingerprint density at radius 3 is 2.74 bits per heavy atom. The molecule has 2 fully saturated rings. The average molecular weight is 328 g/mol. The number of likely N-dealkylation sites (N-methyl/N-ethyl adjacent to an activating group) is 1. The first-order valence-corrected chi connectivity index (χ1v) is 7.78. The number of aromatic nitrogens is 2. The van der Waals surface area contributed by atoms with Crippen molar-refractivity contribution in [3.05, 3.63) is 18.0 Å². The topological polar surface area (TPSA) is 49.3 Å². The van der Waals surface area contributed by atoms with Crippen LogP contribution in [0.15, 0.2) is 12.3 Å². The van der Waals surface area contributed by atoms with Crippen LogP contribution in [0.4, 0.5) is 19.1 Å². The van der Waals surface area contributed by atoms with Crippen LogP contribution in [0.3, 0.4) is 0 Å². The summed E-state index contributed by atoms with van der Waals surface area (Å²) in [5, 5.41) is 0. The third-order valence-electron chi connectivity index (χ3n) is 4.43. The van der Waals surface area contributed by atoms with E-state index in [1.165, 1.54) is 0 Å². The first kappa shape index (κ1) is 16.0. The Balaban J connectivity index is 1.72. The van der Waals surface area contributed by atoms with Gasteiger partial charge in [0.15, 0.2) is 0 Å². The fourth-order valence-corrected chi connectivity index (χ4v) is 2.91. The Kier molecular flexibility index (Phi) is 4.16. The van der Waals surface area contributed by atoms with Crippen molar-refractivity contribution in [2.75, 3.05) is 25.0 Å². The van der Waals surface area contributed by atoms with Gasteiger partial charge in [-0.05, 0) is 31.7 Å². The summed E-state index contributed by atoms with van der Waals surface area (Å²) in [6.07, 6.45) is 0.184. The number of carbonyl (C=O) groups excluding carboxylic acids is 1. The van der Waals surface area contributed by atoms with E-state index in [1.807, 2.05) is 0 Å². The van der Waals surface area contributed by atoms with Gasteiger partial charge in [0.05, 0.1) is 0 Å². The molecule has 1 aromatic heterocycles. The van der Waals surface area contributed by atoms with E-state index >= 15 is 0 Å². The molecule has 1 unspecified atom stereocenters. The minimum absolute atomic E-state index is 0.00464. The first-order valence-electron chi connectivity index (χ1n) is 7.78. The second-order valence-electron chi connectivity index (χ2n) is 6.21. The lowest BCUT2D eigenvalue weighted by molar-refractivity contribution is -0.141. The number of anilines is 1. The zero-order chi connectivity index (χ0) is 16.6. The Labute approximate surface area is 132 Å². The largest absolute Gasteiger partial charge is 0.433 e. The van der Waals surface area contributed by atoms with Crippen LogP contribution >= 0.6 is 0 Å². The number of alkyl halides is 3. The molecule has 0 radical (unpaired) electrons. The van der Waals surface area contributed by atoms with E-state index in [-0.39, 0.29) is 23.8 Å². The molecule has 0 bridgehead atoms. The highest BCUT2D eigenvalue weighted by atomic mass is 19.4. The van der Waals surface area contributed by atoms with Crippen LogP contribution in [-0.2, 0) is 11.0 Å². The standard InChI is InChI=1S/C15H19F3N4O/c1-21(13(23)10-4-5-10)11-3-2-8-22(9-11)14-19-7-6-12(20-14)15(16,17)18/h6-7,10-11H,2-5,8-9H2,1H3. The molecule has 0 N–H and O–H groups in total. The van der Waals surface area contributed by atoms with Crippen molar-refractivity contribution >= 4 is 11.9 Å². The van der Waals surface area contributed by atoms with Crippen LogP contribution in [0.2, 0.25) is 0 Å². The van der Waals surface area contributed by atoms with Gasteiger partial charge in [0.1, 0.15) is 5.69 Å². The third-order valence-corrected chi connectivity index (χ3v) is 4.43. The van der Waals surface area contributed by atoms with Crippen LogP contribution in [-0.4, -0.2) is 47.0 Å². The number of amides is 1. The molecule has 1 aromatic rings. The molecular weight excluding hydrogens is 309 g/mol. The number of carbonyl (C=O) groups is 1. The quantitative estimate of drug-likeness (QED) is 0.854. The van der Waals surface area contributed by atoms with E-state index in [0.29, 0.717) is 13.1 Å². The van der Waals surface area contributed by atoms with E-state index in [2.05, 4.69) is 9.97 Å². The van der Waals surface area contributed by atoms with Gasteiger partial charge in [0.25, 0.3) is 0 Å². The van der Waals surface area contributed by atoms with Crippen molar-refractivity contribution in [2.45, 2.75) is 37.9 Å².